The summed E-state index contributed by atoms with van der Waals surface area (Å²) in [5, 5.41) is 1.43. The molecule has 3 heteroatoms. The van der Waals surface area contributed by atoms with Crippen LogP contribution in [0.15, 0.2) is 78.9 Å². The first kappa shape index (κ1) is 17.0. The average molecular weight is 356 g/mol. The van der Waals surface area contributed by atoms with Gasteiger partial charge in [0.1, 0.15) is 0 Å². The molecule has 0 amide bonds. The molecule has 3 aromatic carbocycles. The first-order chi connectivity index (χ1) is 11.7. The van der Waals surface area contributed by atoms with Crippen LogP contribution in [0.25, 0.3) is 0 Å². The van der Waals surface area contributed by atoms with E-state index in [9.17, 15) is 0 Å². The molecule has 0 fully saturated rings. The Bertz CT molecular complexity index is 711. The predicted octanol–water partition coefficient (Wildman–Crippen LogP) is 6.20. The van der Waals surface area contributed by atoms with E-state index >= 15 is 0 Å². The zero-order valence-corrected chi connectivity index (χ0v) is 14.8. The molecule has 0 N–H and O–H groups in total. The summed E-state index contributed by atoms with van der Waals surface area (Å²) < 4.78 is 0. The smallest absolute Gasteiger partial charge is 0.0465 e. The minimum atomic E-state index is 0.711. The summed E-state index contributed by atoms with van der Waals surface area (Å²) in [5.41, 5.74) is 3.53. The SMILES string of the molecule is Clc1cccc(Cl)c1CN(Cc1ccccc1)Cc1ccccc1. The van der Waals surface area contributed by atoms with Gasteiger partial charge >= 0.3 is 0 Å². The zero-order chi connectivity index (χ0) is 16.8. The van der Waals surface area contributed by atoms with Crippen LogP contribution in [-0.4, -0.2) is 4.90 Å². The fourth-order valence-corrected chi connectivity index (χ4v) is 3.27. The Morgan fingerprint density at radius 3 is 1.46 bits per heavy atom. The van der Waals surface area contributed by atoms with Gasteiger partial charge in [0.05, 0.1) is 0 Å². The van der Waals surface area contributed by atoms with E-state index in [1.165, 1.54) is 11.1 Å². The summed E-state index contributed by atoms with van der Waals surface area (Å²) in [5.74, 6) is 0. The zero-order valence-electron chi connectivity index (χ0n) is 13.3. The molecule has 0 aliphatic carbocycles. The van der Waals surface area contributed by atoms with Crippen molar-refractivity contribution in [3.8, 4) is 0 Å². The van der Waals surface area contributed by atoms with Crippen LogP contribution >= 0.6 is 23.2 Å². The van der Waals surface area contributed by atoms with E-state index in [4.69, 9.17) is 23.2 Å². The fraction of sp³-hybridized carbons (Fsp3) is 0.143. The van der Waals surface area contributed by atoms with Crippen molar-refractivity contribution >= 4 is 23.2 Å². The third-order valence-corrected chi connectivity index (χ3v) is 4.65. The molecule has 0 aromatic heterocycles. The fourth-order valence-electron chi connectivity index (χ4n) is 2.76. The topological polar surface area (TPSA) is 3.24 Å². The molecule has 0 atom stereocenters. The Hall–Kier alpha value is -1.80. The van der Waals surface area contributed by atoms with Gasteiger partial charge in [-0.25, -0.2) is 0 Å². The van der Waals surface area contributed by atoms with Gasteiger partial charge in [0.2, 0.25) is 0 Å². The summed E-state index contributed by atoms with van der Waals surface area (Å²) in [6.45, 7) is 2.40. The van der Waals surface area contributed by atoms with Crippen LogP contribution in [0.1, 0.15) is 16.7 Å². The molecule has 0 heterocycles. The lowest BCUT2D eigenvalue weighted by Crippen LogP contribution is -2.22. The van der Waals surface area contributed by atoms with Crippen molar-refractivity contribution in [1.82, 2.24) is 4.90 Å². The quantitative estimate of drug-likeness (QED) is 0.509. The molecule has 0 aliphatic rings. The van der Waals surface area contributed by atoms with Crippen LogP contribution in [0.2, 0.25) is 10.0 Å². The Morgan fingerprint density at radius 2 is 1.00 bits per heavy atom. The first-order valence-electron chi connectivity index (χ1n) is 7.95. The van der Waals surface area contributed by atoms with Crippen LogP contribution in [0.3, 0.4) is 0 Å². The van der Waals surface area contributed by atoms with Gasteiger partial charge in [-0.15, -0.1) is 0 Å². The van der Waals surface area contributed by atoms with Crippen molar-refractivity contribution in [2.45, 2.75) is 19.6 Å². The summed E-state index contributed by atoms with van der Waals surface area (Å²) in [6.07, 6.45) is 0. The maximum Gasteiger partial charge on any atom is 0.0465 e. The molecular formula is C21H19Cl2N. The highest BCUT2D eigenvalue weighted by atomic mass is 35.5. The number of benzene rings is 3. The van der Waals surface area contributed by atoms with E-state index in [0.29, 0.717) is 16.6 Å². The summed E-state index contributed by atoms with van der Waals surface area (Å²) >= 11 is 12.7. The summed E-state index contributed by atoms with van der Waals surface area (Å²) in [6, 6.07) is 26.6. The molecule has 122 valence electrons. The molecule has 0 saturated heterocycles. The molecular weight excluding hydrogens is 337 g/mol. The van der Waals surface area contributed by atoms with Gasteiger partial charge in [-0.3, -0.25) is 4.90 Å². The Balaban J connectivity index is 1.84. The van der Waals surface area contributed by atoms with Crippen LogP contribution in [0.5, 0.6) is 0 Å². The number of halogens is 2. The molecule has 0 saturated carbocycles. The van der Waals surface area contributed by atoms with E-state index in [2.05, 4.69) is 53.4 Å². The van der Waals surface area contributed by atoms with Crippen LogP contribution in [-0.2, 0) is 19.6 Å². The monoisotopic (exact) mass is 355 g/mol. The van der Waals surface area contributed by atoms with Crippen molar-refractivity contribution in [2.75, 3.05) is 0 Å². The number of rotatable bonds is 6. The van der Waals surface area contributed by atoms with Crippen molar-refractivity contribution < 1.29 is 0 Å². The van der Waals surface area contributed by atoms with Gasteiger partial charge in [-0.1, -0.05) is 89.9 Å². The molecule has 3 rings (SSSR count). The molecule has 24 heavy (non-hydrogen) atoms. The third kappa shape index (κ3) is 4.61. The van der Waals surface area contributed by atoms with Gasteiger partial charge in [-0.2, -0.15) is 0 Å². The lowest BCUT2D eigenvalue weighted by molar-refractivity contribution is 0.248. The lowest BCUT2D eigenvalue weighted by atomic mass is 10.1. The van der Waals surface area contributed by atoms with Crippen LogP contribution in [0.4, 0.5) is 0 Å². The van der Waals surface area contributed by atoms with E-state index in [1.54, 1.807) is 0 Å². The standard InChI is InChI=1S/C21H19Cl2N/c22-20-12-7-13-21(23)19(20)16-24(14-17-8-3-1-4-9-17)15-18-10-5-2-6-11-18/h1-13H,14-16H2. The van der Waals surface area contributed by atoms with Gasteiger partial charge in [0.15, 0.2) is 0 Å². The lowest BCUT2D eigenvalue weighted by Gasteiger charge is -2.24. The number of nitrogens with zero attached hydrogens (tertiary/aromatic N) is 1. The van der Waals surface area contributed by atoms with Gasteiger partial charge in [0, 0.05) is 35.2 Å². The molecule has 0 unspecified atom stereocenters. The van der Waals surface area contributed by atoms with E-state index < -0.39 is 0 Å². The largest absolute Gasteiger partial charge is 0.290 e. The maximum absolute atomic E-state index is 6.37. The molecule has 0 spiro atoms. The minimum absolute atomic E-state index is 0.711. The Labute approximate surface area is 153 Å². The molecule has 3 aromatic rings. The van der Waals surface area contributed by atoms with Crippen molar-refractivity contribution in [1.29, 1.82) is 0 Å². The number of hydrogen-bond donors (Lipinski definition) is 0. The molecule has 0 radical (unpaired) electrons. The van der Waals surface area contributed by atoms with E-state index in [0.717, 1.165) is 18.7 Å². The second-order valence-corrected chi connectivity index (χ2v) is 6.63. The normalized spacial score (nSPS) is 11.0. The average Bonchev–Trinajstić information content (AvgIpc) is 2.60. The second-order valence-electron chi connectivity index (χ2n) is 5.82. The van der Waals surface area contributed by atoms with Crippen LogP contribution < -0.4 is 0 Å². The van der Waals surface area contributed by atoms with Crippen molar-refractivity contribution in [3.05, 3.63) is 106 Å². The third-order valence-electron chi connectivity index (χ3n) is 3.94. The van der Waals surface area contributed by atoms with E-state index in [1.807, 2.05) is 30.3 Å². The van der Waals surface area contributed by atoms with Gasteiger partial charge in [-0.05, 0) is 23.3 Å². The highest BCUT2D eigenvalue weighted by Gasteiger charge is 2.13. The summed E-state index contributed by atoms with van der Waals surface area (Å²) in [4.78, 5) is 2.36. The molecule has 1 nitrogen and oxygen atoms in total. The van der Waals surface area contributed by atoms with Gasteiger partial charge < -0.3 is 0 Å². The highest BCUT2D eigenvalue weighted by Crippen LogP contribution is 2.27. The minimum Gasteiger partial charge on any atom is -0.290 e. The van der Waals surface area contributed by atoms with Gasteiger partial charge in [0.25, 0.3) is 0 Å². The molecule has 0 bridgehead atoms. The first-order valence-corrected chi connectivity index (χ1v) is 8.71. The van der Waals surface area contributed by atoms with Crippen molar-refractivity contribution in [3.63, 3.8) is 0 Å². The van der Waals surface area contributed by atoms with E-state index in [-0.39, 0.29) is 0 Å². The Kier molecular flexibility index (Phi) is 5.92. The van der Waals surface area contributed by atoms with Crippen LogP contribution in [0, 0.1) is 0 Å². The number of hydrogen-bond acceptors (Lipinski definition) is 1. The molecule has 0 aliphatic heterocycles. The Morgan fingerprint density at radius 1 is 0.542 bits per heavy atom. The predicted molar refractivity (Wildman–Crippen MR) is 102 cm³/mol. The summed E-state index contributed by atoms with van der Waals surface area (Å²) in [7, 11) is 0. The maximum atomic E-state index is 6.37. The highest BCUT2D eigenvalue weighted by molar-refractivity contribution is 6.35. The second kappa shape index (κ2) is 8.34. The van der Waals surface area contributed by atoms with Crippen molar-refractivity contribution in [2.24, 2.45) is 0 Å².